The van der Waals surface area contributed by atoms with Crippen LogP contribution in [0, 0.1) is 11.8 Å². The fraction of sp³-hybridized carbons (Fsp3) is 0.500. The topological polar surface area (TPSA) is 47.7 Å². The highest BCUT2D eigenvalue weighted by Gasteiger charge is 1.99. The number of ether oxygens (including phenoxy) is 2. The first-order valence-electron chi connectivity index (χ1n) is 6.94. The van der Waals surface area contributed by atoms with Crippen LogP contribution in [0.15, 0.2) is 24.3 Å². The van der Waals surface area contributed by atoms with E-state index in [4.69, 9.17) is 15.2 Å². The molecule has 0 spiro atoms. The quantitative estimate of drug-likeness (QED) is 0.575. The van der Waals surface area contributed by atoms with Crippen molar-refractivity contribution >= 4 is 0 Å². The van der Waals surface area contributed by atoms with E-state index < -0.39 is 0 Å². The molecular weight excluding hydrogens is 252 g/mol. The van der Waals surface area contributed by atoms with Crippen LogP contribution in [0.25, 0.3) is 0 Å². The molecule has 110 valence electrons. The van der Waals surface area contributed by atoms with E-state index in [0.717, 1.165) is 37.6 Å². The van der Waals surface area contributed by atoms with Gasteiger partial charge in [-0.2, -0.15) is 0 Å². The summed E-state index contributed by atoms with van der Waals surface area (Å²) in [5.74, 6) is 6.67. The van der Waals surface area contributed by atoms with Crippen LogP contribution in [0.5, 0.6) is 5.75 Å². The van der Waals surface area contributed by atoms with Crippen LogP contribution in [-0.4, -0.2) is 51.4 Å². The van der Waals surface area contributed by atoms with Crippen LogP contribution in [0.3, 0.4) is 0 Å². The smallest absolute Gasteiger partial charge is 0.120 e. The summed E-state index contributed by atoms with van der Waals surface area (Å²) in [5.41, 5.74) is 6.29. The molecule has 4 nitrogen and oxygen atoms in total. The summed E-state index contributed by atoms with van der Waals surface area (Å²) >= 11 is 0. The number of hydrogen-bond acceptors (Lipinski definition) is 4. The van der Waals surface area contributed by atoms with E-state index in [1.165, 1.54) is 0 Å². The first-order valence-corrected chi connectivity index (χ1v) is 6.94. The van der Waals surface area contributed by atoms with Gasteiger partial charge in [-0.05, 0) is 32.2 Å². The molecule has 0 heterocycles. The van der Waals surface area contributed by atoms with Gasteiger partial charge in [0, 0.05) is 25.3 Å². The molecule has 0 radical (unpaired) electrons. The summed E-state index contributed by atoms with van der Waals surface area (Å²) in [5, 5.41) is 0. The number of rotatable bonds is 8. The average molecular weight is 276 g/mol. The van der Waals surface area contributed by atoms with Gasteiger partial charge in [0.15, 0.2) is 0 Å². The largest absolute Gasteiger partial charge is 0.492 e. The van der Waals surface area contributed by atoms with Crippen molar-refractivity contribution in [2.24, 2.45) is 5.73 Å². The molecule has 0 amide bonds. The van der Waals surface area contributed by atoms with Crippen molar-refractivity contribution in [3.05, 3.63) is 29.8 Å². The fourth-order valence-electron chi connectivity index (χ4n) is 1.61. The molecule has 0 aromatic heterocycles. The molecule has 0 fully saturated rings. The predicted molar refractivity (Wildman–Crippen MR) is 81.9 cm³/mol. The highest BCUT2D eigenvalue weighted by atomic mass is 16.5. The summed E-state index contributed by atoms with van der Waals surface area (Å²) in [4.78, 5) is 2.19. The van der Waals surface area contributed by atoms with Crippen LogP contribution >= 0.6 is 0 Å². The zero-order chi connectivity index (χ0) is 14.6. The Kier molecular flexibility index (Phi) is 8.48. The third-order valence-electron chi connectivity index (χ3n) is 2.73. The van der Waals surface area contributed by atoms with Gasteiger partial charge in [-0.1, -0.05) is 17.9 Å². The molecular formula is C16H24N2O2. The summed E-state index contributed by atoms with van der Waals surface area (Å²) in [6.45, 7) is 6.33. The first kappa shape index (κ1) is 16.5. The molecule has 0 bridgehead atoms. The Morgan fingerprint density at radius 2 is 2.05 bits per heavy atom. The Balaban J connectivity index is 2.31. The summed E-state index contributed by atoms with van der Waals surface area (Å²) < 4.78 is 11.0. The lowest BCUT2D eigenvalue weighted by Gasteiger charge is -2.16. The minimum absolute atomic E-state index is 0.371. The Morgan fingerprint density at radius 3 is 2.80 bits per heavy atom. The second kappa shape index (κ2) is 10.3. The lowest BCUT2D eigenvalue weighted by molar-refractivity contribution is 0.116. The molecule has 1 rings (SSSR count). The van der Waals surface area contributed by atoms with Gasteiger partial charge >= 0.3 is 0 Å². The summed E-state index contributed by atoms with van der Waals surface area (Å²) in [6, 6.07) is 7.76. The molecule has 1 aromatic rings. The summed E-state index contributed by atoms with van der Waals surface area (Å²) in [7, 11) is 2.06. The van der Waals surface area contributed by atoms with Gasteiger partial charge in [0.1, 0.15) is 12.4 Å². The number of likely N-dealkylation sites (N-methyl/N-ethyl adjacent to an activating group) is 1. The molecule has 0 unspecified atom stereocenters. The van der Waals surface area contributed by atoms with E-state index >= 15 is 0 Å². The first-order chi connectivity index (χ1) is 9.76. The predicted octanol–water partition coefficient (Wildman–Crippen LogP) is 1.34. The maximum absolute atomic E-state index is 5.72. The van der Waals surface area contributed by atoms with Gasteiger partial charge in [0.05, 0.1) is 13.2 Å². The van der Waals surface area contributed by atoms with Crippen LogP contribution in [-0.2, 0) is 4.74 Å². The van der Waals surface area contributed by atoms with Gasteiger partial charge in [0.2, 0.25) is 0 Å². The highest BCUT2D eigenvalue weighted by molar-refractivity contribution is 5.39. The molecule has 0 saturated heterocycles. The van der Waals surface area contributed by atoms with Crippen molar-refractivity contribution in [2.75, 3.05) is 46.5 Å². The number of hydrogen-bond donors (Lipinski definition) is 1. The van der Waals surface area contributed by atoms with Crippen molar-refractivity contribution in [3.8, 4) is 17.6 Å². The second-order valence-corrected chi connectivity index (χ2v) is 4.38. The van der Waals surface area contributed by atoms with Gasteiger partial charge in [0.25, 0.3) is 0 Å². The molecule has 2 N–H and O–H groups in total. The highest BCUT2D eigenvalue weighted by Crippen LogP contribution is 2.12. The Bertz CT molecular complexity index is 438. The minimum Gasteiger partial charge on any atom is -0.492 e. The maximum Gasteiger partial charge on any atom is 0.120 e. The van der Waals surface area contributed by atoms with Crippen LogP contribution in [0.4, 0.5) is 0 Å². The lowest BCUT2D eigenvalue weighted by atomic mass is 10.2. The van der Waals surface area contributed by atoms with Crippen LogP contribution in [0.2, 0.25) is 0 Å². The molecule has 0 aliphatic carbocycles. The standard InChI is InChI=1S/C16H24N2O2/c1-3-19-12-10-18(2)11-13-20-16-8-4-6-15(14-16)7-5-9-17/h4,6,8,14H,3,9-13,17H2,1-2H3. The van der Waals surface area contributed by atoms with Gasteiger partial charge < -0.3 is 20.1 Å². The minimum atomic E-state index is 0.371. The van der Waals surface area contributed by atoms with Crippen molar-refractivity contribution in [2.45, 2.75) is 6.92 Å². The van der Waals surface area contributed by atoms with Crippen LogP contribution < -0.4 is 10.5 Å². The average Bonchev–Trinajstić information content (AvgIpc) is 2.46. The van der Waals surface area contributed by atoms with Crippen molar-refractivity contribution in [1.29, 1.82) is 0 Å². The number of benzene rings is 1. The fourth-order valence-corrected chi connectivity index (χ4v) is 1.61. The molecule has 0 saturated carbocycles. The van der Waals surface area contributed by atoms with E-state index in [-0.39, 0.29) is 0 Å². The Morgan fingerprint density at radius 1 is 1.25 bits per heavy atom. The van der Waals surface area contributed by atoms with Crippen LogP contribution in [0.1, 0.15) is 12.5 Å². The van der Waals surface area contributed by atoms with E-state index in [0.29, 0.717) is 13.2 Å². The second-order valence-electron chi connectivity index (χ2n) is 4.38. The zero-order valence-electron chi connectivity index (χ0n) is 12.4. The Labute approximate surface area is 121 Å². The number of nitrogens with zero attached hydrogens (tertiary/aromatic N) is 1. The molecule has 1 aromatic carbocycles. The third-order valence-corrected chi connectivity index (χ3v) is 2.73. The molecule has 0 aliphatic heterocycles. The van der Waals surface area contributed by atoms with Gasteiger partial charge in [-0.15, -0.1) is 0 Å². The normalized spacial score (nSPS) is 10.2. The van der Waals surface area contributed by atoms with Gasteiger partial charge in [-0.3, -0.25) is 0 Å². The molecule has 20 heavy (non-hydrogen) atoms. The van der Waals surface area contributed by atoms with E-state index in [9.17, 15) is 0 Å². The Hall–Kier alpha value is -1.54. The van der Waals surface area contributed by atoms with Crippen molar-refractivity contribution in [1.82, 2.24) is 4.90 Å². The van der Waals surface area contributed by atoms with E-state index in [1.807, 2.05) is 31.2 Å². The van der Waals surface area contributed by atoms with E-state index in [2.05, 4.69) is 23.8 Å². The zero-order valence-corrected chi connectivity index (χ0v) is 12.4. The SMILES string of the molecule is CCOCCN(C)CCOc1cccc(C#CCN)c1. The number of nitrogens with two attached hydrogens (primary N) is 1. The monoisotopic (exact) mass is 276 g/mol. The molecule has 0 aliphatic rings. The molecule has 0 atom stereocenters. The maximum atomic E-state index is 5.72. The van der Waals surface area contributed by atoms with Crippen molar-refractivity contribution in [3.63, 3.8) is 0 Å². The van der Waals surface area contributed by atoms with Crippen molar-refractivity contribution < 1.29 is 9.47 Å². The van der Waals surface area contributed by atoms with E-state index in [1.54, 1.807) is 0 Å². The summed E-state index contributed by atoms with van der Waals surface area (Å²) in [6.07, 6.45) is 0. The third kappa shape index (κ3) is 7.15. The lowest BCUT2D eigenvalue weighted by Crippen LogP contribution is -2.27. The molecule has 4 heteroatoms. The van der Waals surface area contributed by atoms with Gasteiger partial charge in [-0.25, -0.2) is 0 Å².